The van der Waals surface area contributed by atoms with Crippen LogP contribution in [0.15, 0.2) is 91.0 Å². The lowest BCUT2D eigenvalue weighted by Gasteiger charge is -2.35. The lowest BCUT2D eigenvalue weighted by atomic mass is 9.84. The van der Waals surface area contributed by atoms with Crippen molar-refractivity contribution in [2.75, 3.05) is 12.4 Å². The topological polar surface area (TPSA) is 19.9 Å². The van der Waals surface area contributed by atoms with Gasteiger partial charge in [-0.05, 0) is 16.7 Å². The molecule has 0 heterocycles. The van der Waals surface area contributed by atoms with Crippen molar-refractivity contribution in [3.8, 4) is 0 Å². The van der Waals surface area contributed by atoms with Crippen LogP contribution in [-0.4, -0.2) is 12.4 Å². The Kier molecular flexibility index (Phi) is 5.16. The van der Waals surface area contributed by atoms with Gasteiger partial charge in [-0.15, -0.1) is 11.8 Å². The molecule has 2 heteroatoms. The summed E-state index contributed by atoms with van der Waals surface area (Å²) in [6.45, 7) is -0.0844. The highest BCUT2D eigenvalue weighted by molar-refractivity contribution is 8.00. The molecular weight excluding hydrogens is 300 g/mol. The second-order valence-electron chi connectivity index (χ2n) is 5.33. The van der Waals surface area contributed by atoms with Gasteiger partial charge >= 0.3 is 0 Å². The summed E-state index contributed by atoms with van der Waals surface area (Å²) in [5.74, 6) is 0.568. The van der Waals surface area contributed by atoms with E-state index in [1.54, 1.807) is 11.8 Å². The van der Waals surface area contributed by atoms with Crippen LogP contribution in [0.5, 0.6) is 0 Å². The molecule has 3 aromatic carbocycles. The summed E-state index contributed by atoms with van der Waals surface area (Å²) >= 11 is 1.72. The second-order valence-corrected chi connectivity index (χ2v) is 6.64. The van der Waals surface area contributed by atoms with E-state index in [4.69, 9.17) is 0 Å². The SMILES string of the molecule is [O]CCSC(c1ccccc1)(c1ccccc1)c1ccccc1. The molecule has 0 amide bonds. The van der Waals surface area contributed by atoms with Crippen molar-refractivity contribution >= 4 is 11.8 Å². The Bertz CT molecular complexity index is 614. The van der Waals surface area contributed by atoms with Gasteiger partial charge < -0.3 is 0 Å². The monoisotopic (exact) mass is 319 g/mol. The maximum absolute atomic E-state index is 11.2. The van der Waals surface area contributed by atoms with Crippen LogP contribution in [0, 0.1) is 0 Å². The zero-order valence-electron chi connectivity index (χ0n) is 12.9. The smallest absolute Gasteiger partial charge is 0.0913 e. The number of benzene rings is 3. The molecule has 0 bridgehead atoms. The quantitative estimate of drug-likeness (QED) is 0.576. The van der Waals surface area contributed by atoms with Gasteiger partial charge in [0.25, 0.3) is 0 Å². The molecular formula is C21H19OS. The number of hydrogen-bond donors (Lipinski definition) is 0. The van der Waals surface area contributed by atoms with Gasteiger partial charge in [-0.25, -0.2) is 5.11 Å². The first-order valence-corrected chi connectivity index (χ1v) is 8.75. The van der Waals surface area contributed by atoms with Gasteiger partial charge in [-0.2, -0.15) is 0 Å². The highest BCUT2D eigenvalue weighted by atomic mass is 32.2. The molecule has 0 aromatic heterocycles. The average molecular weight is 319 g/mol. The number of thioether (sulfide) groups is 1. The van der Waals surface area contributed by atoms with E-state index in [1.165, 1.54) is 16.7 Å². The molecule has 115 valence electrons. The Balaban J connectivity index is 2.25. The summed E-state index contributed by atoms with van der Waals surface area (Å²) in [7, 11) is 0. The maximum Gasteiger partial charge on any atom is 0.0913 e. The van der Waals surface area contributed by atoms with Crippen molar-refractivity contribution in [1.29, 1.82) is 0 Å². The average Bonchev–Trinajstić information content (AvgIpc) is 2.65. The van der Waals surface area contributed by atoms with Crippen LogP contribution < -0.4 is 0 Å². The van der Waals surface area contributed by atoms with E-state index >= 15 is 0 Å². The summed E-state index contributed by atoms with van der Waals surface area (Å²) in [6, 6.07) is 31.4. The molecule has 0 saturated heterocycles. The van der Waals surface area contributed by atoms with Crippen molar-refractivity contribution in [3.63, 3.8) is 0 Å². The predicted octanol–water partition coefficient (Wildman–Crippen LogP) is 5.14. The van der Waals surface area contributed by atoms with Crippen molar-refractivity contribution in [2.45, 2.75) is 4.75 Å². The van der Waals surface area contributed by atoms with Crippen LogP contribution >= 0.6 is 11.8 Å². The van der Waals surface area contributed by atoms with Gasteiger partial charge in [0.15, 0.2) is 0 Å². The van der Waals surface area contributed by atoms with E-state index in [0.717, 1.165) is 0 Å². The highest BCUT2D eigenvalue weighted by Gasteiger charge is 2.36. The molecule has 1 radical (unpaired) electrons. The summed E-state index contributed by atoms with van der Waals surface area (Å²) in [4.78, 5) is 0. The molecule has 3 rings (SSSR count). The molecule has 0 aliphatic carbocycles. The standard InChI is InChI=1S/C21H19OS/c22-16-17-23-21(18-10-4-1-5-11-18,19-12-6-2-7-13-19)20-14-8-3-9-15-20/h1-15H,16-17H2. The fourth-order valence-corrected chi connectivity index (χ4v) is 4.26. The van der Waals surface area contributed by atoms with Gasteiger partial charge in [0.2, 0.25) is 0 Å². The van der Waals surface area contributed by atoms with Crippen LogP contribution in [0.25, 0.3) is 0 Å². The molecule has 23 heavy (non-hydrogen) atoms. The minimum absolute atomic E-state index is 0.0844. The second kappa shape index (κ2) is 7.49. The zero-order chi connectivity index (χ0) is 16.0. The molecule has 3 aromatic rings. The van der Waals surface area contributed by atoms with Crippen molar-refractivity contribution in [3.05, 3.63) is 108 Å². The van der Waals surface area contributed by atoms with E-state index in [2.05, 4.69) is 72.8 Å². The predicted molar refractivity (Wildman–Crippen MR) is 97.2 cm³/mol. The van der Waals surface area contributed by atoms with E-state index in [-0.39, 0.29) is 11.4 Å². The Hall–Kier alpha value is -2.03. The molecule has 0 atom stereocenters. The van der Waals surface area contributed by atoms with E-state index in [0.29, 0.717) is 5.75 Å². The fourth-order valence-electron chi connectivity index (χ4n) is 2.96. The van der Waals surface area contributed by atoms with E-state index in [9.17, 15) is 5.11 Å². The summed E-state index contributed by atoms with van der Waals surface area (Å²) in [5, 5.41) is 11.2. The van der Waals surface area contributed by atoms with E-state index < -0.39 is 0 Å². The highest BCUT2D eigenvalue weighted by Crippen LogP contribution is 2.48. The Labute approximate surface area is 142 Å². The largest absolute Gasteiger partial charge is 0.236 e. The van der Waals surface area contributed by atoms with Gasteiger partial charge in [-0.1, -0.05) is 91.0 Å². The molecule has 1 nitrogen and oxygen atoms in total. The summed E-state index contributed by atoms with van der Waals surface area (Å²) in [6.07, 6.45) is 0. The number of hydrogen-bond acceptors (Lipinski definition) is 1. The Morgan fingerprint density at radius 3 is 1.26 bits per heavy atom. The van der Waals surface area contributed by atoms with Crippen LogP contribution in [0.2, 0.25) is 0 Å². The first-order chi connectivity index (χ1) is 11.4. The summed E-state index contributed by atoms with van der Waals surface area (Å²) < 4.78 is -0.353. The minimum Gasteiger partial charge on any atom is -0.236 e. The van der Waals surface area contributed by atoms with Crippen LogP contribution in [0.3, 0.4) is 0 Å². The first-order valence-electron chi connectivity index (χ1n) is 7.76. The molecule has 0 aliphatic rings. The van der Waals surface area contributed by atoms with Gasteiger partial charge in [0.1, 0.15) is 0 Å². The van der Waals surface area contributed by atoms with Gasteiger partial charge in [0.05, 0.1) is 11.4 Å². The van der Waals surface area contributed by atoms with Crippen LogP contribution in [0.4, 0.5) is 0 Å². The third kappa shape index (κ3) is 3.19. The molecule has 0 saturated carbocycles. The lowest BCUT2D eigenvalue weighted by molar-refractivity contribution is 0.215. The van der Waals surface area contributed by atoms with Crippen molar-refractivity contribution < 1.29 is 5.11 Å². The Morgan fingerprint density at radius 2 is 0.957 bits per heavy atom. The minimum atomic E-state index is -0.353. The molecule has 0 N–H and O–H groups in total. The van der Waals surface area contributed by atoms with E-state index in [1.807, 2.05) is 18.2 Å². The van der Waals surface area contributed by atoms with Crippen molar-refractivity contribution in [2.24, 2.45) is 0 Å². The molecule has 0 unspecified atom stereocenters. The molecule has 0 fully saturated rings. The van der Waals surface area contributed by atoms with Crippen LogP contribution in [-0.2, 0) is 9.85 Å². The van der Waals surface area contributed by atoms with Gasteiger partial charge in [-0.3, -0.25) is 0 Å². The van der Waals surface area contributed by atoms with Crippen LogP contribution in [0.1, 0.15) is 16.7 Å². The fraction of sp³-hybridized carbons (Fsp3) is 0.143. The molecule has 0 spiro atoms. The first kappa shape index (κ1) is 15.9. The van der Waals surface area contributed by atoms with Gasteiger partial charge in [0, 0.05) is 5.75 Å². The zero-order valence-corrected chi connectivity index (χ0v) is 13.7. The lowest BCUT2D eigenvalue weighted by Crippen LogP contribution is -2.26. The Morgan fingerprint density at radius 1 is 0.609 bits per heavy atom. The third-order valence-corrected chi connectivity index (χ3v) is 5.45. The maximum atomic E-state index is 11.2. The normalized spacial score (nSPS) is 11.3. The van der Waals surface area contributed by atoms with Crippen molar-refractivity contribution in [1.82, 2.24) is 0 Å². The number of rotatable bonds is 6. The summed E-state index contributed by atoms with van der Waals surface area (Å²) in [5.41, 5.74) is 3.61. The third-order valence-electron chi connectivity index (χ3n) is 3.94. The molecule has 0 aliphatic heterocycles.